The van der Waals surface area contributed by atoms with Crippen molar-refractivity contribution in [1.29, 1.82) is 0 Å². The number of hydrogen-bond donors (Lipinski definition) is 1. The molecule has 0 fully saturated rings. The van der Waals surface area contributed by atoms with Crippen LogP contribution in [0.1, 0.15) is 48.5 Å². The van der Waals surface area contributed by atoms with E-state index >= 15 is 0 Å². The van der Waals surface area contributed by atoms with Crippen LogP contribution in [0.25, 0.3) is 0 Å². The van der Waals surface area contributed by atoms with E-state index in [0.717, 1.165) is 30.9 Å². The average molecular weight is 221 g/mol. The Bertz CT molecular complexity index is 352. The summed E-state index contributed by atoms with van der Waals surface area (Å²) < 4.78 is 5.68. The Morgan fingerprint density at radius 2 is 2.00 bits per heavy atom. The Kier molecular flexibility index (Phi) is 4.81. The molecule has 0 saturated heterocycles. The van der Waals surface area contributed by atoms with Crippen LogP contribution < -0.4 is 5.32 Å². The van der Waals surface area contributed by atoms with E-state index in [9.17, 15) is 0 Å². The number of rotatable bonds is 6. The van der Waals surface area contributed by atoms with Gasteiger partial charge in [-0.05, 0) is 45.7 Å². The Hall–Kier alpha value is -1.02. The predicted molar refractivity (Wildman–Crippen MR) is 68.8 cm³/mol. The highest BCUT2D eigenvalue weighted by atomic mass is 16.3. The van der Waals surface area contributed by atoms with Crippen molar-refractivity contribution < 1.29 is 4.42 Å². The summed E-state index contributed by atoms with van der Waals surface area (Å²) in [6, 6.07) is 0.342. The molecule has 0 radical (unpaired) electrons. The zero-order valence-electron chi connectivity index (χ0n) is 10.9. The predicted octanol–water partition coefficient (Wildman–Crippen LogP) is 3.82. The fourth-order valence-electron chi connectivity index (χ4n) is 2.11. The maximum absolute atomic E-state index is 5.68. The molecule has 0 aliphatic carbocycles. The average Bonchev–Trinajstić information content (AvgIpc) is 2.49. The minimum Gasteiger partial charge on any atom is -0.466 e. The number of aryl methyl sites for hydroxylation is 2. The van der Waals surface area contributed by atoms with Crippen molar-refractivity contribution in [2.45, 2.75) is 46.6 Å². The summed E-state index contributed by atoms with van der Waals surface area (Å²) in [5, 5.41) is 3.55. The number of nitrogens with one attached hydrogen (secondary N) is 1. The second-order valence-electron chi connectivity index (χ2n) is 4.28. The molecule has 0 spiro atoms. The maximum Gasteiger partial charge on any atom is 0.106 e. The first-order valence-corrected chi connectivity index (χ1v) is 6.02. The van der Waals surface area contributed by atoms with Gasteiger partial charge in [0.1, 0.15) is 11.5 Å². The van der Waals surface area contributed by atoms with Crippen molar-refractivity contribution in [2.75, 3.05) is 6.54 Å². The molecule has 2 heteroatoms. The molecular formula is C14H23NO. The zero-order valence-corrected chi connectivity index (χ0v) is 10.9. The number of hydrogen-bond acceptors (Lipinski definition) is 2. The van der Waals surface area contributed by atoms with E-state index in [4.69, 9.17) is 4.42 Å². The molecule has 0 aliphatic rings. The molecule has 0 bridgehead atoms. The fraction of sp³-hybridized carbons (Fsp3) is 0.571. The largest absolute Gasteiger partial charge is 0.466 e. The maximum atomic E-state index is 5.68. The highest BCUT2D eigenvalue weighted by Crippen LogP contribution is 2.29. The van der Waals surface area contributed by atoms with Gasteiger partial charge in [0.25, 0.3) is 0 Å². The Labute approximate surface area is 98.7 Å². The second kappa shape index (κ2) is 5.90. The van der Waals surface area contributed by atoms with Crippen molar-refractivity contribution >= 4 is 0 Å². The van der Waals surface area contributed by atoms with Crippen LogP contribution >= 0.6 is 0 Å². The third kappa shape index (κ3) is 2.76. The summed E-state index contributed by atoms with van der Waals surface area (Å²) in [5.74, 6) is 2.06. The van der Waals surface area contributed by atoms with Gasteiger partial charge in [-0.1, -0.05) is 13.0 Å². The lowest BCUT2D eigenvalue weighted by Gasteiger charge is -2.17. The second-order valence-corrected chi connectivity index (χ2v) is 4.28. The van der Waals surface area contributed by atoms with Gasteiger partial charge in [-0.3, -0.25) is 0 Å². The molecule has 1 rings (SSSR count). The van der Waals surface area contributed by atoms with Gasteiger partial charge >= 0.3 is 0 Å². The molecule has 0 amide bonds. The Balaban J connectivity index is 2.95. The highest BCUT2D eigenvalue weighted by Gasteiger charge is 2.19. The highest BCUT2D eigenvalue weighted by molar-refractivity contribution is 5.34. The molecule has 0 saturated carbocycles. The lowest BCUT2D eigenvalue weighted by Crippen LogP contribution is -2.22. The van der Waals surface area contributed by atoms with Gasteiger partial charge in [-0.25, -0.2) is 0 Å². The van der Waals surface area contributed by atoms with Crippen LogP contribution in [0, 0.1) is 20.8 Å². The molecule has 16 heavy (non-hydrogen) atoms. The fourth-order valence-corrected chi connectivity index (χ4v) is 2.11. The SMILES string of the molecule is C=CCC(NCCC)c1c(C)oc(C)c1C. The number of furan rings is 1. The molecule has 2 nitrogen and oxygen atoms in total. The molecule has 90 valence electrons. The molecule has 1 heterocycles. The van der Waals surface area contributed by atoms with E-state index in [1.165, 1.54) is 11.1 Å². The summed E-state index contributed by atoms with van der Waals surface area (Å²) in [5.41, 5.74) is 2.58. The van der Waals surface area contributed by atoms with Crippen LogP contribution in [0.2, 0.25) is 0 Å². The topological polar surface area (TPSA) is 25.2 Å². The van der Waals surface area contributed by atoms with E-state index < -0.39 is 0 Å². The first-order valence-electron chi connectivity index (χ1n) is 6.02. The molecule has 0 aromatic carbocycles. The first-order chi connectivity index (χ1) is 7.61. The van der Waals surface area contributed by atoms with E-state index in [2.05, 4.69) is 25.7 Å². The summed E-state index contributed by atoms with van der Waals surface area (Å²) >= 11 is 0. The molecule has 1 N–H and O–H groups in total. The van der Waals surface area contributed by atoms with E-state index in [1.807, 2.05) is 19.9 Å². The van der Waals surface area contributed by atoms with Crippen molar-refractivity contribution in [1.82, 2.24) is 5.32 Å². The van der Waals surface area contributed by atoms with Crippen LogP contribution in [0.5, 0.6) is 0 Å². The lowest BCUT2D eigenvalue weighted by atomic mass is 9.99. The van der Waals surface area contributed by atoms with E-state index in [-0.39, 0.29) is 0 Å². The first kappa shape index (κ1) is 13.0. The van der Waals surface area contributed by atoms with Crippen LogP contribution in [-0.4, -0.2) is 6.54 Å². The zero-order chi connectivity index (χ0) is 12.1. The van der Waals surface area contributed by atoms with Crippen LogP contribution in [0.3, 0.4) is 0 Å². The molecular weight excluding hydrogens is 198 g/mol. The van der Waals surface area contributed by atoms with Crippen molar-refractivity contribution in [3.8, 4) is 0 Å². The van der Waals surface area contributed by atoms with Gasteiger partial charge in [0, 0.05) is 11.6 Å². The monoisotopic (exact) mass is 221 g/mol. The van der Waals surface area contributed by atoms with Crippen LogP contribution in [0.4, 0.5) is 0 Å². The molecule has 1 aromatic heterocycles. The quantitative estimate of drug-likeness (QED) is 0.739. The Morgan fingerprint density at radius 1 is 1.31 bits per heavy atom. The minimum absolute atomic E-state index is 0.342. The molecule has 1 atom stereocenters. The Morgan fingerprint density at radius 3 is 2.44 bits per heavy atom. The summed E-state index contributed by atoms with van der Waals surface area (Å²) in [4.78, 5) is 0. The minimum atomic E-state index is 0.342. The van der Waals surface area contributed by atoms with Gasteiger partial charge in [0.2, 0.25) is 0 Å². The summed E-state index contributed by atoms with van der Waals surface area (Å²) in [6.45, 7) is 13.2. The lowest BCUT2D eigenvalue weighted by molar-refractivity contribution is 0.482. The van der Waals surface area contributed by atoms with Crippen LogP contribution in [0.15, 0.2) is 17.1 Å². The van der Waals surface area contributed by atoms with Gasteiger partial charge in [-0.15, -0.1) is 6.58 Å². The normalized spacial score (nSPS) is 12.8. The van der Waals surface area contributed by atoms with Crippen molar-refractivity contribution in [2.24, 2.45) is 0 Å². The third-order valence-electron chi connectivity index (χ3n) is 3.01. The van der Waals surface area contributed by atoms with Gasteiger partial charge < -0.3 is 9.73 Å². The summed E-state index contributed by atoms with van der Waals surface area (Å²) in [7, 11) is 0. The van der Waals surface area contributed by atoms with E-state index in [1.54, 1.807) is 0 Å². The summed E-state index contributed by atoms with van der Waals surface area (Å²) in [6.07, 6.45) is 4.05. The van der Waals surface area contributed by atoms with E-state index in [0.29, 0.717) is 6.04 Å². The van der Waals surface area contributed by atoms with Crippen molar-refractivity contribution in [3.63, 3.8) is 0 Å². The van der Waals surface area contributed by atoms with Gasteiger partial charge in [0.15, 0.2) is 0 Å². The smallest absolute Gasteiger partial charge is 0.106 e. The van der Waals surface area contributed by atoms with Gasteiger partial charge in [-0.2, -0.15) is 0 Å². The standard InChI is InChI=1S/C14H23NO/c1-6-8-13(15-9-7-2)14-10(3)11(4)16-12(14)5/h6,13,15H,1,7-9H2,2-5H3. The van der Waals surface area contributed by atoms with Gasteiger partial charge in [0.05, 0.1) is 0 Å². The third-order valence-corrected chi connectivity index (χ3v) is 3.01. The van der Waals surface area contributed by atoms with Crippen molar-refractivity contribution in [3.05, 3.63) is 35.3 Å². The molecule has 1 unspecified atom stereocenters. The van der Waals surface area contributed by atoms with Crippen LogP contribution in [-0.2, 0) is 0 Å². The molecule has 1 aromatic rings. The molecule has 0 aliphatic heterocycles.